The maximum absolute atomic E-state index is 8.81. The molecule has 0 atom stereocenters. The van der Waals surface area contributed by atoms with Crippen molar-refractivity contribution in [3.05, 3.63) is 30.9 Å². The van der Waals surface area contributed by atoms with Gasteiger partial charge >= 0.3 is 0 Å². The van der Waals surface area contributed by atoms with Crippen molar-refractivity contribution in [3.63, 3.8) is 0 Å². The van der Waals surface area contributed by atoms with Crippen molar-refractivity contribution in [1.82, 2.24) is 9.97 Å². The fraction of sp³-hybridized carbons (Fsp3) is 0.300. The molecule has 0 amide bonds. The predicted octanol–water partition coefficient (Wildman–Crippen LogP) is 1.47. The van der Waals surface area contributed by atoms with Gasteiger partial charge in [0.05, 0.1) is 5.69 Å². The van der Waals surface area contributed by atoms with Crippen LogP contribution < -0.4 is 0 Å². The lowest BCUT2D eigenvalue weighted by atomic mass is 10.5. The lowest BCUT2D eigenvalue weighted by Crippen LogP contribution is -1.80. The molecule has 4 heteroatoms. The number of aromatic amines is 1. The molecule has 0 aromatic carbocycles. The molecule has 0 fully saturated rings. The quantitative estimate of drug-likeness (QED) is 0.442. The van der Waals surface area contributed by atoms with Gasteiger partial charge in [-0.25, -0.2) is 4.98 Å². The van der Waals surface area contributed by atoms with Crippen LogP contribution in [0.4, 0.5) is 0 Å². The molecule has 14 heavy (non-hydrogen) atoms. The minimum atomic E-state index is 0.194. The number of hydrogen-bond donors (Lipinski definition) is 1. The average Bonchev–Trinajstić information content (AvgIpc) is 2.67. The van der Waals surface area contributed by atoms with Gasteiger partial charge in [-0.05, 0) is 6.92 Å². The third-order valence-electron chi connectivity index (χ3n) is 1.15. The van der Waals surface area contributed by atoms with Crippen LogP contribution in [0, 0.1) is 6.92 Å². The van der Waals surface area contributed by atoms with Gasteiger partial charge in [-0.15, -0.1) is 13.2 Å². The Kier molecular flexibility index (Phi) is 11.9. The van der Waals surface area contributed by atoms with Gasteiger partial charge in [0, 0.05) is 12.6 Å². The smallest absolute Gasteiger partial charge is 0.182 e. The third kappa shape index (κ3) is 8.39. The number of H-pyrrole nitrogens is 1. The van der Waals surface area contributed by atoms with E-state index in [4.69, 9.17) is 9.59 Å². The molecule has 0 spiro atoms. The largest absolute Gasteiger partial charge is 0.348 e. The highest BCUT2D eigenvalue weighted by Crippen LogP contribution is 1.93. The monoisotopic (exact) mass is 196 g/mol. The van der Waals surface area contributed by atoms with Crippen LogP contribution in [0.1, 0.15) is 18.4 Å². The van der Waals surface area contributed by atoms with Crippen LogP contribution in [0.25, 0.3) is 0 Å². The van der Waals surface area contributed by atoms with Crippen LogP contribution in [0.3, 0.4) is 0 Å². The summed E-state index contributed by atoms with van der Waals surface area (Å²) in [5.74, 6) is 1.07. The second kappa shape index (κ2) is 11.3. The predicted molar refractivity (Wildman–Crippen MR) is 56.1 cm³/mol. The van der Waals surface area contributed by atoms with Crippen molar-refractivity contribution < 1.29 is 9.59 Å². The minimum absolute atomic E-state index is 0.194. The minimum Gasteiger partial charge on any atom is -0.348 e. The van der Waals surface area contributed by atoms with E-state index in [0.717, 1.165) is 17.9 Å². The molecule has 1 N–H and O–H groups in total. The zero-order chi connectivity index (χ0) is 11.4. The van der Waals surface area contributed by atoms with Gasteiger partial charge in [-0.3, -0.25) is 9.59 Å². The van der Waals surface area contributed by atoms with E-state index < -0.39 is 0 Å². The molecule has 0 radical (unpaired) electrons. The van der Waals surface area contributed by atoms with E-state index in [2.05, 4.69) is 30.0 Å². The Bertz CT molecular complexity index is 250. The number of carbonyl (C=O) groups excluding carboxylic acids is 2. The topological polar surface area (TPSA) is 62.8 Å². The van der Waals surface area contributed by atoms with E-state index in [1.807, 2.05) is 13.1 Å². The summed E-state index contributed by atoms with van der Waals surface area (Å²) in [6.07, 6.45) is 3.30. The first-order valence-corrected chi connectivity index (χ1v) is 4.14. The Hall–Kier alpha value is -1.71. The molecule has 0 aliphatic heterocycles. The summed E-state index contributed by atoms with van der Waals surface area (Å²) >= 11 is 0. The molecule has 0 saturated heterocycles. The molecule has 4 nitrogen and oxygen atoms in total. The SMILES string of the molecule is C=C.CCc1nc(C)c[nH]1.O=CC=O. The molecule has 0 aliphatic rings. The van der Waals surface area contributed by atoms with Crippen LogP contribution in [-0.2, 0) is 16.0 Å². The zero-order valence-corrected chi connectivity index (χ0v) is 8.62. The van der Waals surface area contributed by atoms with E-state index in [-0.39, 0.29) is 12.6 Å². The Balaban J connectivity index is 0. The number of rotatable bonds is 2. The van der Waals surface area contributed by atoms with Crippen molar-refractivity contribution >= 4 is 12.6 Å². The Morgan fingerprint density at radius 3 is 2.07 bits per heavy atom. The van der Waals surface area contributed by atoms with E-state index in [9.17, 15) is 0 Å². The number of carbonyl (C=O) groups is 2. The van der Waals surface area contributed by atoms with Crippen LogP contribution in [0.15, 0.2) is 19.4 Å². The summed E-state index contributed by atoms with van der Waals surface area (Å²) in [5, 5.41) is 0. The van der Waals surface area contributed by atoms with E-state index in [1.165, 1.54) is 0 Å². The summed E-state index contributed by atoms with van der Waals surface area (Å²) in [7, 11) is 0. The molecular formula is C10H16N2O2. The fourth-order valence-corrected chi connectivity index (χ4v) is 0.646. The third-order valence-corrected chi connectivity index (χ3v) is 1.15. The van der Waals surface area contributed by atoms with Crippen molar-refractivity contribution in [2.75, 3.05) is 0 Å². The maximum Gasteiger partial charge on any atom is 0.182 e. The Morgan fingerprint density at radius 2 is 1.93 bits per heavy atom. The molecule has 1 aromatic heterocycles. The Labute approximate surface area is 84.1 Å². The number of aryl methyl sites for hydroxylation is 2. The van der Waals surface area contributed by atoms with Crippen molar-refractivity contribution in [1.29, 1.82) is 0 Å². The van der Waals surface area contributed by atoms with Crippen LogP contribution in [0.2, 0.25) is 0 Å². The summed E-state index contributed by atoms with van der Waals surface area (Å²) in [5.41, 5.74) is 1.07. The van der Waals surface area contributed by atoms with Crippen LogP contribution >= 0.6 is 0 Å². The molecule has 0 saturated carbocycles. The molecule has 0 unspecified atom stereocenters. The first-order valence-electron chi connectivity index (χ1n) is 4.14. The van der Waals surface area contributed by atoms with Crippen LogP contribution in [0.5, 0.6) is 0 Å². The number of nitrogens with zero attached hydrogens (tertiary/aromatic N) is 1. The normalized spacial score (nSPS) is 7.29. The maximum atomic E-state index is 8.81. The number of hydrogen-bond acceptors (Lipinski definition) is 3. The van der Waals surface area contributed by atoms with Gasteiger partial charge in [-0.1, -0.05) is 6.92 Å². The second-order valence-corrected chi connectivity index (χ2v) is 2.11. The average molecular weight is 196 g/mol. The number of nitrogens with one attached hydrogen (secondary N) is 1. The van der Waals surface area contributed by atoms with Gasteiger partial charge in [-0.2, -0.15) is 0 Å². The van der Waals surface area contributed by atoms with Crippen molar-refractivity contribution in [2.24, 2.45) is 0 Å². The first kappa shape index (κ1) is 14.8. The summed E-state index contributed by atoms with van der Waals surface area (Å²) in [6.45, 7) is 10.1. The van der Waals surface area contributed by atoms with Crippen molar-refractivity contribution in [2.45, 2.75) is 20.3 Å². The summed E-state index contributed by atoms with van der Waals surface area (Å²) in [6, 6.07) is 0. The van der Waals surface area contributed by atoms with E-state index >= 15 is 0 Å². The molecule has 1 rings (SSSR count). The number of imidazole rings is 1. The van der Waals surface area contributed by atoms with Gasteiger partial charge in [0.1, 0.15) is 5.82 Å². The molecule has 78 valence electrons. The molecule has 1 heterocycles. The van der Waals surface area contributed by atoms with E-state index in [0.29, 0.717) is 0 Å². The van der Waals surface area contributed by atoms with Crippen LogP contribution in [-0.4, -0.2) is 22.5 Å². The van der Waals surface area contributed by atoms with Gasteiger partial charge in [0.25, 0.3) is 0 Å². The van der Waals surface area contributed by atoms with Gasteiger partial charge < -0.3 is 4.98 Å². The molecule has 0 bridgehead atoms. The highest BCUT2D eigenvalue weighted by atomic mass is 16.2. The summed E-state index contributed by atoms with van der Waals surface area (Å²) in [4.78, 5) is 24.8. The fourth-order valence-electron chi connectivity index (χ4n) is 0.646. The zero-order valence-electron chi connectivity index (χ0n) is 8.62. The summed E-state index contributed by atoms with van der Waals surface area (Å²) < 4.78 is 0. The molecule has 0 aliphatic carbocycles. The molecule has 1 aromatic rings. The first-order chi connectivity index (χ1) is 6.74. The lowest BCUT2D eigenvalue weighted by Gasteiger charge is -1.80. The number of aromatic nitrogens is 2. The lowest BCUT2D eigenvalue weighted by molar-refractivity contribution is -0.122. The van der Waals surface area contributed by atoms with Crippen molar-refractivity contribution in [3.8, 4) is 0 Å². The Morgan fingerprint density at radius 1 is 1.43 bits per heavy atom. The highest BCUT2D eigenvalue weighted by Gasteiger charge is 1.89. The van der Waals surface area contributed by atoms with E-state index in [1.54, 1.807) is 0 Å². The number of aldehydes is 2. The standard InChI is InChI=1S/C6H10N2.C2H2O2.C2H4/c1-3-6-7-4-5(2)8-6;3-1-2-4;1-2/h4H,3H2,1-2H3,(H,7,8);1-2H;1-2H2. The van der Waals surface area contributed by atoms with Gasteiger partial charge in [0.2, 0.25) is 0 Å². The second-order valence-electron chi connectivity index (χ2n) is 2.11. The molecular weight excluding hydrogens is 180 g/mol. The van der Waals surface area contributed by atoms with Gasteiger partial charge in [0.15, 0.2) is 12.6 Å². The highest BCUT2D eigenvalue weighted by molar-refractivity contribution is 6.09.